The van der Waals surface area contributed by atoms with E-state index in [0.717, 1.165) is 17.5 Å². The molecule has 156 valence electrons. The number of methoxy groups -OCH3 is 1. The molecule has 2 aromatic rings. The van der Waals surface area contributed by atoms with Crippen molar-refractivity contribution in [3.63, 3.8) is 0 Å². The third-order valence-corrected chi connectivity index (χ3v) is 5.59. The van der Waals surface area contributed by atoms with Crippen LogP contribution in [0, 0.1) is 5.92 Å². The van der Waals surface area contributed by atoms with E-state index in [9.17, 15) is 9.59 Å². The number of hydrogen-bond donors (Lipinski definition) is 2. The van der Waals surface area contributed by atoms with Crippen LogP contribution in [0.5, 0.6) is 5.75 Å². The van der Waals surface area contributed by atoms with Crippen LogP contribution in [0.2, 0.25) is 0 Å². The van der Waals surface area contributed by atoms with E-state index in [1.54, 1.807) is 25.6 Å². The van der Waals surface area contributed by atoms with Crippen molar-refractivity contribution in [2.75, 3.05) is 7.11 Å². The number of benzene rings is 1. The van der Waals surface area contributed by atoms with Gasteiger partial charge in [-0.3, -0.25) is 14.6 Å². The van der Waals surface area contributed by atoms with Gasteiger partial charge in [-0.05, 0) is 43.0 Å². The maximum atomic E-state index is 12.6. The van der Waals surface area contributed by atoms with Crippen LogP contribution in [0.15, 0.2) is 54.6 Å². The lowest BCUT2D eigenvalue weighted by atomic mass is 9.82. The Kier molecular flexibility index (Phi) is 5.97. The van der Waals surface area contributed by atoms with Gasteiger partial charge in [-0.15, -0.1) is 0 Å². The summed E-state index contributed by atoms with van der Waals surface area (Å²) in [4.78, 5) is 29.2. The Morgan fingerprint density at radius 1 is 1.30 bits per heavy atom. The van der Waals surface area contributed by atoms with Crippen LogP contribution in [-0.2, 0) is 20.9 Å². The number of amides is 2. The number of nitrogens with zero attached hydrogens (tertiary/aromatic N) is 1. The molecule has 1 aromatic heterocycles. The zero-order valence-corrected chi connectivity index (χ0v) is 16.8. The Morgan fingerprint density at radius 3 is 2.97 bits per heavy atom. The zero-order valence-electron chi connectivity index (χ0n) is 16.8. The number of pyridine rings is 1. The lowest BCUT2D eigenvalue weighted by Gasteiger charge is -2.39. The van der Waals surface area contributed by atoms with Gasteiger partial charge in [-0.1, -0.05) is 24.3 Å². The molecule has 2 amide bonds. The summed E-state index contributed by atoms with van der Waals surface area (Å²) in [6.07, 6.45) is 7.01. The highest BCUT2D eigenvalue weighted by molar-refractivity contribution is 5.97. The molecular weight excluding hydrogens is 382 g/mol. The molecule has 1 saturated carbocycles. The minimum atomic E-state index is -0.265. The smallest absolute Gasteiger partial charge is 0.286 e. The van der Waals surface area contributed by atoms with Gasteiger partial charge in [-0.25, -0.2) is 0 Å². The van der Waals surface area contributed by atoms with Gasteiger partial charge in [0.2, 0.25) is 5.91 Å². The predicted molar refractivity (Wildman–Crippen MR) is 111 cm³/mol. The first-order chi connectivity index (χ1) is 14.6. The molecule has 7 heteroatoms. The van der Waals surface area contributed by atoms with E-state index in [1.807, 2.05) is 36.4 Å². The SMILES string of the molecule is COc1ccccc1/C=C1\OC2CCC(C(=O)NCc3cccnc3)CC2NC1=O. The van der Waals surface area contributed by atoms with Crippen LogP contribution in [0.1, 0.15) is 30.4 Å². The number of aromatic nitrogens is 1. The highest BCUT2D eigenvalue weighted by Gasteiger charge is 2.40. The normalized spacial score (nSPS) is 24.4. The molecule has 2 N–H and O–H groups in total. The summed E-state index contributed by atoms with van der Waals surface area (Å²) in [5.41, 5.74) is 1.74. The maximum Gasteiger partial charge on any atom is 0.286 e. The fourth-order valence-electron chi connectivity index (χ4n) is 3.99. The fraction of sp³-hybridized carbons (Fsp3) is 0.348. The molecule has 30 heavy (non-hydrogen) atoms. The summed E-state index contributed by atoms with van der Waals surface area (Å²) >= 11 is 0. The topological polar surface area (TPSA) is 89.6 Å². The van der Waals surface area contributed by atoms with Crippen molar-refractivity contribution in [3.8, 4) is 5.75 Å². The first-order valence-corrected chi connectivity index (χ1v) is 10.1. The van der Waals surface area contributed by atoms with Crippen LogP contribution in [0.4, 0.5) is 0 Å². The molecule has 3 atom stereocenters. The Bertz CT molecular complexity index is 944. The summed E-state index contributed by atoms with van der Waals surface area (Å²) in [5, 5.41) is 5.99. The van der Waals surface area contributed by atoms with Crippen LogP contribution in [-0.4, -0.2) is 36.1 Å². The van der Waals surface area contributed by atoms with Crippen molar-refractivity contribution in [1.29, 1.82) is 0 Å². The first kappa shape index (κ1) is 19.9. The number of carbonyl (C=O) groups is 2. The summed E-state index contributed by atoms with van der Waals surface area (Å²) in [6.45, 7) is 0.450. The van der Waals surface area contributed by atoms with Gasteiger partial charge in [-0.2, -0.15) is 0 Å². The largest absolute Gasteiger partial charge is 0.496 e. The van der Waals surface area contributed by atoms with Crippen molar-refractivity contribution >= 4 is 17.9 Å². The molecule has 2 heterocycles. The van der Waals surface area contributed by atoms with E-state index < -0.39 is 0 Å². The van der Waals surface area contributed by atoms with E-state index in [0.29, 0.717) is 25.1 Å². The number of hydrogen-bond acceptors (Lipinski definition) is 5. The molecule has 0 spiro atoms. The number of carbonyl (C=O) groups excluding carboxylic acids is 2. The monoisotopic (exact) mass is 407 g/mol. The predicted octanol–water partition coefficient (Wildman–Crippen LogP) is 2.43. The van der Waals surface area contributed by atoms with Crippen molar-refractivity contribution < 1.29 is 19.1 Å². The second-order valence-electron chi connectivity index (χ2n) is 7.58. The number of rotatable bonds is 5. The highest BCUT2D eigenvalue weighted by atomic mass is 16.5. The second kappa shape index (κ2) is 8.98. The number of nitrogens with one attached hydrogen (secondary N) is 2. The third-order valence-electron chi connectivity index (χ3n) is 5.59. The van der Waals surface area contributed by atoms with Crippen LogP contribution in [0.3, 0.4) is 0 Å². The molecule has 1 aliphatic carbocycles. The molecule has 4 rings (SSSR count). The number of morpholine rings is 1. The molecular formula is C23H25N3O4. The Balaban J connectivity index is 1.37. The van der Waals surface area contributed by atoms with E-state index in [2.05, 4.69) is 15.6 Å². The molecule has 2 aliphatic rings. The number of ether oxygens (including phenoxy) is 2. The number of para-hydroxylation sites is 1. The Morgan fingerprint density at radius 2 is 2.17 bits per heavy atom. The minimum Gasteiger partial charge on any atom is -0.496 e. The standard InChI is InChI=1S/C23H25N3O4/c1-29-19-7-3-2-6-16(19)12-21-23(28)26-18-11-17(8-9-20(18)30-21)22(27)25-14-15-5-4-10-24-13-15/h2-7,10,12-13,17-18,20H,8-9,11,14H2,1H3,(H,25,27)(H,26,28)/b21-12-. The van der Waals surface area contributed by atoms with Gasteiger partial charge in [0.1, 0.15) is 11.9 Å². The van der Waals surface area contributed by atoms with Gasteiger partial charge >= 0.3 is 0 Å². The fourth-order valence-corrected chi connectivity index (χ4v) is 3.99. The van der Waals surface area contributed by atoms with Crippen LogP contribution in [0.25, 0.3) is 6.08 Å². The molecule has 1 aromatic carbocycles. The molecule has 0 radical (unpaired) electrons. The van der Waals surface area contributed by atoms with E-state index in [-0.39, 0.29) is 35.6 Å². The summed E-state index contributed by atoms with van der Waals surface area (Å²) < 4.78 is 11.4. The molecule has 7 nitrogen and oxygen atoms in total. The zero-order chi connectivity index (χ0) is 20.9. The average Bonchev–Trinajstić information content (AvgIpc) is 2.78. The van der Waals surface area contributed by atoms with Crippen molar-refractivity contribution in [2.45, 2.75) is 38.0 Å². The van der Waals surface area contributed by atoms with Crippen LogP contribution >= 0.6 is 0 Å². The van der Waals surface area contributed by atoms with Crippen molar-refractivity contribution in [2.24, 2.45) is 5.92 Å². The second-order valence-corrected chi connectivity index (χ2v) is 7.58. The Hall–Kier alpha value is -3.35. The van der Waals surface area contributed by atoms with E-state index >= 15 is 0 Å². The van der Waals surface area contributed by atoms with Gasteiger partial charge < -0.3 is 20.1 Å². The Labute approximate surface area is 175 Å². The number of fused-ring (bicyclic) bond motifs is 1. The van der Waals surface area contributed by atoms with E-state index in [1.165, 1.54) is 0 Å². The lowest BCUT2D eigenvalue weighted by molar-refractivity contribution is -0.134. The lowest BCUT2D eigenvalue weighted by Crippen LogP contribution is -2.54. The van der Waals surface area contributed by atoms with Crippen molar-refractivity contribution in [3.05, 3.63) is 65.7 Å². The summed E-state index contributed by atoms with van der Waals surface area (Å²) in [6, 6.07) is 11.1. The van der Waals surface area contributed by atoms with Gasteiger partial charge in [0.25, 0.3) is 5.91 Å². The van der Waals surface area contributed by atoms with Gasteiger partial charge in [0.15, 0.2) is 5.76 Å². The van der Waals surface area contributed by atoms with Crippen LogP contribution < -0.4 is 15.4 Å². The van der Waals surface area contributed by atoms with E-state index in [4.69, 9.17) is 9.47 Å². The van der Waals surface area contributed by atoms with Crippen molar-refractivity contribution in [1.82, 2.24) is 15.6 Å². The van der Waals surface area contributed by atoms with Gasteiger partial charge in [0, 0.05) is 30.4 Å². The highest BCUT2D eigenvalue weighted by Crippen LogP contribution is 2.32. The molecule has 2 fully saturated rings. The average molecular weight is 407 g/mol. The van der Waals surface area contributed by atoms with Gasteiger partial charge in [0.05, 0.1) is 13.2 Å². The summed E-state index contributed by atoms with van der Waals surface area (Å²) in [7, 11) is 1.59. The molecule has 3 unspecified atom stereocenters. The quantitative estimate of drug-likeness (QED) is 0.743. The minimum absolute atomic E-state index is 0.00177. The molecule has 1 saturated heterocycles. The first-order valence-electron chi connectivity index (χ1n) is 10.1. The summed E-state index contributed by atoms with van der Waals surface area (Å²) in [5.74, 6) is 0.546. The molecule has 1 aliphatic heterocycles. The third kappa shape index (κ3) is 4.45. The molecule has 0 bridgehead atoms. The maximum absolute atomic E-state index is 12.6.